The Morgan fingerprint density at radius 1 is 1.45 bits per heavy atom. The van der Waals surface area contributed by atoms with Gasteiger partial charge in [0.1, 0.15) is 0 Å². The number of hydrogen-bond donors (Lipinski definition) is 2. The SMILES string of the molecule is NC1CCN(c2n[nH]c(-c3ccc([N+](=O)[O-])s3)n2)CC1. The highest BCUT2D eigenvalue weighted by Crippen LogP contribution is 2.31. The molecule has 3 rings (SSSR count). The van der Waals surface area contributed by atoms with Gasteiger partial charge < -0.3 is 10.6 Å². The van der Waals surface area contributed by atoms with Crippen molar-refractivity contribution in [1.29, 1.82) is 0 Å². The van der Waals surface area contributed by atoms with Gasteiger partial charge in [-0.05, 0) is 18.9 Å². The molecule has 0 spiro atoms. The Kier molecular flexibility index (Phi) is 3.36. The molecule has 3 heterocycles. The minimum absolute atomic E-state index is 0.0990. The molecule has 1 aliphatic heterocycles. The van der Waals surface area contributed by atoms with Crippen LogP contribution in [0.2, 0.25) is 0 Å². The number of thiophene rings is 1. The first kappa shape index (κ1) is 13.0. The molecule has 0 amide bonds. The third-order valence-corrected chi connectivity index (χ3v) is 4.34. The molecule has 0 bridgehead atoms. The zero-order valence-corrected chi connectivity index (χ0v) is 11.5. The van der Waals surface area contributed by atoms with E-state index in [0.29, 0.717) is 16.6 Å². The summed E-state index contributed by atoms with van der Waals surface area (Å²) in [6.45, 7) is 1.67. The fourth-order valence-electron chi connectivity index (χ4n) is 2.16. The Balaban J connectivity index is 1.77. The third-order valence-electron chi connectivity index (χ3n) is 3.30. The van der Waals surface area contributed by atoms with Crippen molar-refractivity contribution in [2.24, 2.45) is 5.73 Å². The Morgan fingerprint density at radius 3 is 2.85 bits per heavy atom. The van der Waals surface area contributed by atoms with Crippen molar-refractivity contribution in [3.05, 3.63) is 22.2 Å². The van der Waals surface area contributed by atoms with Crippen LogP contribution in [0.5, 0.6) is 0 Å². The van der Waals surface area contributed by atoms with Crippen molar-refractivity contribution in [3.8, 4) is 10.7 Å². The van der Waals surface area contributed by atoms with Gasteiger partial charge in [-0.2, -0.15) is 4.98 Å². The number of rotatable bonds is 3. The first-order valence-corrected chi connectivity index (χ1v) is 7.12. The number of nitrogens with zero attached hydrogens (tertiary/aromatic N) is 4. The zero-order chi connectivity index (χ0) is 14.1. The van der Waals surface area contributed by atoms with Gasteiger partial charge in [0.15, 0.2) is 5.82 Å². The standard InChI is InChI=1S/C11H14N6O2S/c12-7-3-5-16(6-4-7)11-13-10(14-15-11)8-1-2-9(20-8)17(18)19/h1-2,7H,3-6,12H2,(H,13,14,15). The Bertz CT molecular complexity index is 616. The summed E-state index contributed by atoms with van der Waals surface area (Å²) in [6, 6.07) is 3.41. The lowest BCUT2D eigenvalue weighted by Crippen LogP contribution is -2.40. The Labute approximate surface area is 118 Å². The summed E-state index contributed by atoms with van der Waals surface area (Å²) in [7, 11) is 0. The molecule has 9 heteroatoms. The van der Waals surface area contributed by atoms with E-state index in [-0.39, 0.29) is 11.0 Å². The second kappa shape index (κ2) is 5.17. The van der Waals surface area contributed by atoms with Gasteiger partial charge in [0.05, 0.1) is 9.80 Å². The highest BCUT2D eigenvalue weighted by molar-refractivity contribution is 7.18. The van der Waals surface area contributed by atoms with Crippen LogP contribution in [0.1, 0.15) is 12.8 Å². The molecule has 20 heavy (non-hydrogen) atoms. The minimum atomic E-state index is -0.405. The molecular formula is C11H14N6O2S. The molecule has 0 aromatic carbocycles. The van der Waals surface area contributed by atoms with E-state index in [2.05, 4.69) is 20.1 Å². The fourth-order valence-corrected chi connectivity index (χ4v) is 2.92. The predicted octanol–water partition coefficient (Wildman–Crippen LogP) is 1.37. The Hall–Kier alpha value is -2.00. The van der Waals surface area contributed by atoms with E-state index in [9.17, 15) is 10.1 Å². The van der Waals surface area contributed by atoms with Crippen LogP contribution in [0.4, 0.5) is 10.9 Å². The molecule has 1 aliphatic rings. The number of nitrogens with one attached hydrogen (secondary N) is 1. The molecule has 0 radical (unpaired) electrons. The predicted molar refractivity (Wildman–Crippen MR) is 75.8 cm³/mol. The summed E-state index contributed by atoms with van der Waals surface area (Å²) in [4.78, 5) is 17.5. The first-order chi connectivity index (χ1) is 9.63. The average molecular weight is 294 g/mol. The van der Waals surface area contributed by atoms with E-state index in [1.54, 1.807) is 6.07 Å². The normalized spacial score (nSPS) is 16.6. The van der Waals surface area contributed by atoms with Gasteiger partial charge in [-0.15, -0.1) is 5.10 Å². The van der Waals surface area contributed by atoms with E-state index < -0.39 is 4.92 Å². The largest absolute Gasteiger partial charge is 0.339 e. The number of H-pyrrole nitrogens is 1. The van der Waals surface area contributed by atoms with E-state index in [1.807, 2.05) is 0 Å². The monoisotopic (exact) mass is 294 g/mol. The maximum Gasteiger partial charge on any atom is 0.324 e. The molecule has 3 N–H and O–H groups in total. The van der Waals surface area contributed by atoms with Crippen LogP contribution in [-0.2, 0) is 0 Å². The molecule has 0 saturated carbocycles. The van der Waals surface area contributed by atoms with Crippen molar-refractivity contribution >= 4 is 22.3 Å². The van der Waals surface area contributed by atoms with Crippen LogP contribution >= 0.6 is 11.3 Å². The second-order valence-electron chi connectivity index (χ2n) is 4.70. The maximum absolute atomic E-state index is 10.7. The number of hydrogen-bond acceptors (Lipinski definition) is 7. The lowest BCUT2D eigenvalue weighted by Gasteiger charge is -2.28. The first-order valence-electron chi connectivity index (χ1n) is 6.31. The van der Waals surface area contributed by atoms with Gasteiger partial charge >= 0.3 is 5.00 Å². The number of piperidine rings is 1. The topological polar surface area (TPSA) is 114 Å². The van der Waals surface area contributed by atoms with Gasteiger partial charge in [-0.3, -0.25) is 15.2 Å². The molecule has 1 fully saturated rings. The minimum Gasteiger partial charge on any atom is -0.339 e. The highest BCUT2D eigenvalue weighted by atomic mass is 32.1. The van der Waals surface area contributed by atoms with Crippen LogP contribution in [0.25, 0.3) is 10.7 Å². The molecule has 2 aromatic heterocycles. The zero-order valence-electron chi connectivity index (χ0n) is 10.7. The summed E-state index contributed by atoms with van der Waals surface area (Å²) in [6.07, 6.45) is 1.85. The number of nitro groups is 1. The number of nitrogens with two attached hydrogens (primary N) is 1. The summed E-state index contributed by atoms with van der Waals surface area (Å²) >= 11 is 1.08. The van der Waals surface area contributed by atoms with Gasteiger partial charge in [-0.1, -0.05) is 11.3 Å². The maximum atomic E-state index is 10.7. The van der Waals surface area contributed by atoms with Gasteiger partial charge in [0, 0.05) is 25.2 Å². The summed E-state index contributed by atoms with van der Waals surface area (Å²) in [5, 5.41) is 17.8. The van der Waals surface area contributed by atoms with Crippen molar-refractivity contribution in [1.82, 2.24) is 15.2 Å². The number of aromatic amines is 1. The molecular weight excluding hydrogens is 280 g/mol. The molecule has 8 nitrogen and oxygen atoms in total. The third kappa shape index (κ3) is 2.49. The highest BCUT2D eigenvalue weighted by Gasteiger charge is 2.20. The molecule has 0 unspecified atom stereocenters. The van der Waals surface area contributed by atoms with Crippen molar-refractivity contribution in [2.75, 3.05) is 18.0 Å². The van der Waals surface area contributed by atoms with Crippen molar-refractivity contribution < 1.29 is 4.92 Å². The molecule has 1 saturated heterocycles. The fraction of sp³-hybridized carbons (Fsp3) is 0.455. The molecule has 106 valence electrons. The molecule has 0 aliphatic carbocycles. The lowest BCUT2D eigenvalue weighted by molar-refractivity contribution is -0.380. The van der Waals surface area contributed by atoms with Crippen molar-refractivity contribution in [3.63, 3.8) is 0 Å². The summed E-state index contributed by atoms with van der Waals surface area (Å²) in [5.41, 5.74) is 5.86. The van der Waals surface area contributed by atoms with E-state index >= 15 is 0 Å². The second-order valence-corrected chi connectivity index (χ2v) is 5.77. The van der Waals surface area contributed by atoms with E-state index in [4.69, 9.17) is 5.73 Å². The Morgan fingerprint density at radius 2 is 2.20 bits per heavy atom. The number of anilines is 1. The average Bonchev–Trinajstić information content (AvgIpc) is 3.08. The summed E-state index contributed by atoms with van der Waals surface area (Å²) < 4.78 is 0. The van der Waals surface area contributed by atoms with E-state index in [1.165, 1.54) is 6.07 Å². The quantitative estimate of drug-likeness (QED) is 0.652. The van der Waals surface area contributed by atoms with Crippen LogP contribution in [0.3, 0.4) is 0 Å². The summed E-state index contributed by atoms with van der Waals surface area (Å²) in [5.74, 6) is 1.19. The van der Waals surface area contributed by atoms with Crippen LogP contribution in [0, 0.1) is 10.1 Å². The van der Waals surface area contributed by atoms with Gasteiger partial charge in [0.25, 0.3) is 0 Å². The van der Waals surface area contributed by atoms with Crippen LogP contribution < -0.4 is 10.6 Å². The van der Waals surface area contributed by atoms with Gasteiger partial charge in [0.2, 0.25) is 5.95 Å². The van der Waals surface area contributed by atoms with Gasteiger partial charge in [-0.25, -0.2) is 0 Å². The smallest absolute Gasteiger partial charge is 0.324 e. The molecule has 2 aromatic rings. The number of aromatic nitrogens is 3. The van der Waals surface area contributed by atoms with Crippen LogP contribution in [-0.4, -0.2) is 39.2 Å². The molecule has 0 atom stereocenters. The van der Waals surface area contributed by atoms with Crippen molar-refractivity contribution in [2.45, 2.75) is 18.9 Å². The lowest BCUT2D eigenvalue weighted by atomic mass is 10.1. The van der Waals surface area contributed by atoms with E-state index in [0.717, 1.165) is 37.3 Å². The van der Waals surface area contributed by atoms with Crippen LogP contribution in [0.15, 0.2) is 12.1 Å².